The Balaban J connectivity index is 1.84. The average Bonchev–Trinajstić information content (AvgIpc) is 2.85. The summed E-state index contributed by atoms with van der Waals surface area (Å²) in [6.07, 6.45) is 0. The van der Waals surface area contributed by atoms with Gasteiger partial charge >= 0.3 is 0 Å². The zero-order valence-corrected chi connectivity index (χ0v) is 21.5. The van der Waals surface area contributed by atoms with Gasteiger partial charge in [-0.05, 0) is 68.3 Å². The van der Waals surface area contributed by atoms with Crippen LogP contribution in [0.5, 0.6) is 11.5 Å². The summed E-state index contributed by atoms with van der Waals surface area (Å²) >= 11 is 6.26. The average molecular weight is 517 g/mol. The number of sulfonamides is 1. The maximum absolute atomic E-state index is 13.5. The molecule has 9 heteroatoms. The first kappa shape index (κ1) is 26.4. The fourth-order valence-corrected chi connectivity index (χ4v) is 5.15. The Morgan fingerprint density at radius 2 is 1.63 bits per heavy atom. The van der Waals surface area contributed by atoms with E-state index in [0.29, 0.717) is 41.0 Å². The molecular formula is C26H29ClN2O5S. The molecule has 3 rings (SSSR count). The van der Waals surface area contributed by atoms with Crippen LogP contribution in [0.25, 0.3) is 0 Å². The fraction of sp³-hybridized carbons (Fsp3) is 0.269. The highest BCUT2D eigenvalue weighted by Gasteiger charge is 2.28. The lowest BCUT2D eigenvalue weighted by atomic mass is 10.2. The van der Waals surface area contributed by atoms with Gasteiger partial charge in [0.2, 0.25) is 5.91 Å². The summed E-state index contributed by atoms with van der Waals surface area (Å²) in [5, 5.41) is 3.21. The summed E-state index contributed by atoms with van der Waals surface area (Å²) in [5.74, 6) is 0.751. The molecule has 0 aliphatic rings. The molecule has 0 aliphatic heterocycles. The van der Waals surface area contributed by atoms with E-state index in [2.05, 4.69) is 5.32 Å². The van der Waals surface area contributed by atoms with Crippen molar-refractivity contribution in [1.29, 1.82) is 0 Å². The normalized spacial score (nSPS) is 11.1. The molecule has 1 N–H and O–H groups in total. The molecule has 7 nitrogen and oxygen atoms in total. The molecule has 35 heavy (non-hydrogen) atoms. The monoisotopic (exact) mass is 516 g/mol. The van der Waals surface area contributed by atoms with Crippen molar-refractivity contribution in [2.45, 2.75) is 32.2 Å². The van der Waals surface area contributed by atoms with E-state index in [1.807, 2.05) is 19.9 Å². The van der Waals surface area contributed by atoms with E-state index in [-0.39, 0.29) is 11.4 Å². The van der Waals surface area contributed by atoms with Gasteiger partial charge in [0.25, 0.3) is 10.0 Å². The number of carbonyl (C=O) groups excluding carboxylic acids is 1. The van der Waals surface area contributed by atoms with Crippen LogP contribution in [0.4, 0.5) is 5.69 Å². The highest BCUT2D eigenvalue weighted by molar-refractivity contribution is 7.92. The lowest BCUT2D eigenvalue weighted by Crippen LogP contribution is -2.41. The van der Waals surface area contributed by atoms with Crippen molar-refractivity contribution in [3.8, 4) is 11.5 Å². The molecule has 0 heterocycles. The number of amides is 1. The Morgan fingerprint density at radius 1 is 0.943 bits per heavy atom. The second kappa shape index (κ2) is 12.0. The minimum absolute atomic E-state index is 0.0834. The van der Waals surface area contributed by atoms with Crippen LogP contribution in [0.1, 0.15) is 25.0 Å². The smallest absolute Gasteiger partial charge is 0.264 e. The van der Waals surface area contributed by atoms with E-state index in [0.717, 1.165) is 9.87 Å². The third-order valence-electron chi connectivity index (χ3n) is 5.22. The van der Waals surface area contributed by atoms with E-state index in [9.17, 15) is 13.2 Å². The van der Waals surface area contributed by atoms with E-state index in [1.165, 1.54) is 12.1 Å². The molecule has 1 amide bonds. The number of nitrogens with zero attached hydrogens (tertiary/aromatic N) is 1. The van der Waals surface area contributed by atoms with Crippen LogP contribution < -0.4 is 19.1 Å². The standard InChI is InChI=1S/C26H29ClN2O5S/c1-4-33-24-15-14-20(16-25(24)34-5-2)17-28-26(30)18-29(23-13-9-12-22(27)19(23)3)35(31,32)21-10-7-6-8-11-21/h6-16H,4-5,17-18H2,1-3H3,(H,28,30). The van der Waals surface area contributed by atoms with Gasteiger partial charge in [0.15, 0.2) is 11.5 Å². The van der Waals surface area contributed by atoms with Crippen LogP contribution in [0.3, 0.4) is 0 Å². The van der Waals surface area contributed by atoms with Crippen molar-refractivity contribution >= 4 is 33.2 Å². The summed E-state index contributed by atoms with van der Waals surface area (Å²) in [5.41, 5.74) is 1.70. The van der Waals surface area contributed by atoms with Gasteiger partial charge in [0.05, 0.1) is 23.8 Å². The summed E-state index contributed by atoms with van der Waals surface area (Å²) in [6, 6.07) is 18.4. The van der Waals surface area contributed by atoms with Gasteiger partial charge < -0.3 is 14.8 Å². The third kappa shape index (κ3) is 6.46. The molecule has 0 bridgehead atoms. The highest BCUT2D eigenvalue weighted by Crippen LogP contribution is 2.31. The number of halogens is 1. The van der Waals surface area contributed by atoms with Crippen LogP contribution in [0.15, 0.2) is 71.6 Å². The fourth-order valence-electron chi connectivity index (χ4n) is 3.48. The van der Waals surface area contributed by atoms with Crippen molar-refractivity contribution in [3.63, 3.8) is 0 Å². The van der Waals surface area contributed by atoms with Gasteiger partial charge in [-0.3, -0.25) is 9.10 Å². The zero-order chi connectivity index (χ0) is 25.4. The Labute approximate surface area is 211 Å². The quantitative estimate of drug-likeness (QED) is 0.389. The number of anilines is 1. The number of hydrogen-bond acceptors (Lipinski definition) is 5. The van der Waals surface area contributed by atoms with Crippen LogP contribution in [0.2, 0.25) is 5.02 Å². The van der Waals surface area contributed by atoms with Crippen molar-refractivity contribution in [1.82, 2.24) is 5.32 Å². The van der Waals surface area contributed by atoms with E-state index >= 15 is 0 Å². The van der Waals surface area contributed by atoms with Gasteiger partial charge in [-0.1, -0.05) is 41.9 Å². The second-order valence-corrected chi connectivity index (χ2v) is 9.90. The SMILES string of the molecule is CCOc1ccc(CNC(=O)CN(c2cccc(Cl)c2C)S(=O)(=O)c2ccccc2)cc1OCC. The van der Waals surface area contributed by atoms with Crippen molar-refractivity contribution in [3.05, 3.63) is 82.9 Å². The molecule has 0 atom stereocenters. The predicted octanol–water partition coefficient (Wildman–Crippen LogP) is 4.96. The van der Waals surface area contributed by atoms with E-state index < -0.39 is 22.5 Å². The number of rotatable bonds is 11. The Kier molecular flexibility index (Phi) is 9.01. The molecule has 0 aromatic heterocycles. The van der Waals surface area contributed by atoms with Crippen molar-refractivity contribution < 1.29 is 22.7 Å². The van der Waals surface area contributed by atoms with Gasteiger partial charge in [0, 0.05) is 11.6 Å². The maximum Gasteiger partial charge on any atom is 0.264 e. The zero-order valence-electron chi connectivity index (χ0n) is 20.0. The first-order valence-corrected chi connectivity index (χ1v) is 13.1. The van der Waals surface area contributed by atoms with Gasteiger partial charge in [-0.15, -0.1) is 0 Å². The molecule has 0 spiro atoms. The summed E-state index contributed by atoms with van der Waals surface area (Å²) in [7, 11) is -4.02. The molecule has 0 radical (unpaired) electrons. The second-order valence-electron chi connectivity index (χ2n) is 7.63. The Hall–Kier alpha value is -3.23. The number of ether oxygens (including phenoxy) is 2. The topological polar surface area (TPSA) is 84.9 Å². The Morgan fingerprint density at radius 3 is 2.31 bits per heavy atom. The van der Waals surface area contributed by atoms with Gasteiger partial charge in [0.1, 0.15) is 6.54 Å². The van der Waals surface area contributed by atoms with Crippen LogP contribution in [0, 0.1) is 6.92 Å². The number of nitrogens with one attached hydrogen (secondary N) is 1. The van der Waals surface area contributed by atoms with Gasteiger partial charge in [-0.2, -0.15) is 0 Å². The lowest BCUT2D eigenvalue weighted by molar-refractivity contribution is -0.119. The van der Waals surface area contributed by atoms with Crippen LogP contribution in [-0.4, -0.2) is 34.1 Å². The molecule has 0 aliphatic carbocycles. The molecule has 0 unspecified atom stereocenters. The predicted molar refractivity (Wildman–Crippen MR) is 138 cm³/mol. The first-order valence-electron chi connectivity index (χ1n) is 11.3. The Bertz CT molecular complexity index is 1270. The van der Waals surface area contributed by atoms with E-state index in [1.54, 1.807) is 55.5 Å². The largest absolute Gasteiger partial charge is 0.490 e. The number of benzene rings is 3. The molecule has 3 aromatic rings. The lowest BCUT2D eigenvalue weighted by Gasteiger charge is -2.26. The van der Waals surface area contributed by atoms with Crippen molar-refractivity contribution in [2.75, 3.05) is 24.1 Å². The summed E-state index contributed by atoms with van der Waals surface area (Å²) in [6.45, 7) is 6.25. The van der Waals surface area contributed by atoms with Crippen molar-refractivity contribution in [2.24, 2.45) is 0 Å². The molecule has 0 saturated carbocycles. The van der Waals surface area contributed by atoms with Gasteiger partial charge in [-0.25, -0.2) is 8.42 Å². The number of hydrogen-bond donors (Lipinski definition) is 1. The first-order chi connectivity index (χ1) is 16.8. The van der Waals surface area contributed by atoms with Crippen LogP contribution in [-0.2, 0) is 21.4 Å². The molecule has 186 valence electrons. The summed E-state index contributed by atoms with van der Waals surface area (Å²) < 4.78 is 39.3. The van der Waals surface area contributed by atoms with Crippen LogP contribution >= 0.6 is 11.6 Å². The minimum atomic E-state index is -4.02. The minimum Gasteiger partial charge on any atom is -0.490 e. The number of carbonyl (C=O) groups is 1. The molecule has 0 fully saturated rings. The maximum atomic E-state index is 13.5. The molecular weight excluding hydrogens is 488 g/mol. The summed E-state index contributed by atoms with van der Waals surface area (Å²) in [4.78, 5) is 13.0. The van der Waals surface area contributed by atoms with E-state index in [4.69, 9.17) is 21.1 Å². The highest BCUT2D eigenvalue weighted by atomic mass is 35.5. The molecule has 0 saturated heterocycles. The molecule has 3 aromatic carbocycles. The third-order valence-corrected chi connectivity index (χ3v) is 7.41.